The van der Waals surface area contributed by atoms with E-state index in [1.54, 1.807) is 36.4 Å². The van der Waals surface area contributed by atoms with E-state index in [4.69, 9.17) is 0 Å². The first-order chi connectivity index (χ1) is 10.8. The van der Waals surface area contributed by atoms with Gasteiger partial charge in [-0.05, 0) is 35.4 Å². The number of halogens is 3. The average Bonchev–Trinajstić information content (AvgIpc) is 2.51. The van der Waals surface area contributed by atoms with Crippen molar-refractivity contribution in [2.24, 2.45) is 0 Å². The van der Waals surface area contributed by atoms with Crippen molar-refractivity contribution in [3.63, 3.8) is 0 Å². The molecule has 0 aromatic heterocycles. The molecule has 0 fully saturated rings. The third-order valence-corrected chi connectivity index (χ3v) is 2.85. The van der Waals surface area contributed by atoms with Crippen molar-refractivity contribution in [1.29, 1.82) is 0 Å². The lowest BCUT2D eigenvalue weighted by Crippen LogP contribution is -2.19. The zero-order chi connectivity index (χ0) is 16.9. The van der Waals surface area contributed by atoms with Crippen molar-refractivity contribution in [3.8, 4) is 5.75 Å². The van der Waals surface area contributed by atoms with Gasteiger partial charge in [0, 0.05) is 12.1 Å². The Labute approximate surface area is 130 Å². The van der Waals surface area contributed by atoms with Crippen LogP contribution in [-0.4, -0.2) is 17.7 Å². The molecule has 0 radical (unpaired) electrons. The number of nitrogens with zero attached hydrogens (tertiary/aromatic N) is 1. The summed E-state index contributed by atoms with van der Waals surface area (Å²) in [6.07, 6.45) is -0.876. The van der Waals surface area contributed by atoms with Crippen LogP contribution in [0, 0.1) is 10.1 Å². The van der Waals surface area contributed by atoms with E-state index in [2.05, 4.69) is 4.74 Å². The van der Waals surface area contributed by atoms with Crippen LogP contribution in [0.25, 0.3) is 12.2 Å². The van der Waals surface area contributed by atoms with E-state index in [1.165, 1.54) is 24.3 Å². The summed E-state index contributed by atoms with van der Waals surface area (Å²) in [5.41, 5.74) is 1.55. The molecular formula is C16H12F3NO3. The molecule has 2 aromatic carbocycles. The molecule has 0 amide bonds. The van der Waals surface area contributed by atoms with Crippen LogP contribution < -0.4 is 4.74 Å². The summed E-state index contributed by atoms with van der Waals surface area (Å²) in [6.45, 7) is -1.33. The number of ether oxygens (including phenoxy) is 1. The summed E-state index contributed by atoms with van der Waals surface area (Å²) in [6, 6.07) is 12.1. The molecule has 0 aliphatic heterocycles. The minimum Gasteiger partial charge on any atom is -0.484 e. The largest absolute Gasteiger partial charge is 0.484 e. The van der Waals surface area contributed by atoms with Gasteiger partial charge in [-0.3, -0.25) is 10.1 Å². The molecule has 120 valence electrons. The molecule has 4 nitrogen and oxygen atoms in total. The number of non-ortho nitro benzene ring substituents is 1. The summed E-state index contributed by atoms with van der Waals surface area (Å²) in [5, 5.41) is 10.5. The Morgan fingerprint density at radius 3 is 1.87 bits per heavy atom. The molecule has 0 bridgehead atoms. The van der Waals surface area contributed by atoms with Gasteiger partial charge < -0.3 is 4.74 Å². The van der Waals surface area contributed by atoms with E-state index in [-0.39, 0.29) is 11.4 Å². The second-order valence-corrected chi connectivity index (χ2v) is 4.65. The third kappa shape index (κ3) is 5.46. The molecule has 7 heteroatoms. The molecule has 23 heavy (non-hydrogen) atoms. The summed E-state index contributed by atoms with van der Waals surface area (Å²) >= 11 is 0. The molecule has 0 aliphatic rings. The molecule has 2 aromatic rings. The standard InChI is InChI=1S/C16H12F3NO3/c17-16(18,19)11-23-15-9-5-13(6-10-15)2-1-12-3-7-14(8-4-12)20(21)22/h1-10H,11H2. The minimum atomic E-state index is -4.37. The first kappa shape index (κ1) is 16.5. The second-order valence-electron chi connectivity index (χ2n) is 4.65. The Bertz CT molecular complexity index is 692. The van der Waals surface area contributed by atoms with Gasteiger partial charge in [0.2, 0.25) is 0 Å². The van der Waals surface area contributed by atoms with Gasteiger partial charge in [0.15, 0.2) is 6.61 Å². The number of nitro benzene ring substituents is 1. The topological polar surface area (TPSA) is 52.4 Å². The van der Waals surface area contributed by atoms with E-state index in [1.807, 2.05) is 0 Å². The minimum absolute atomic E-state index is 0.00770. The summed E-state index contributed by atoms with van der Waals surface area (Å²) in [4.78, 5) is 10.1. The highest BCUT2D eigenvalue weighted by Gasteiger charge is 2.28. The second kappa shape index (κ2) is 6.95. The fraction of sp³-hybridized carbons (Fsp3) is 0.125. The lowest BCUT2D eigenvalue weighted by atomic mass is 10.1. The van der Waals surface area contributed by atoms with Crippen molar-refractivity contribution in [3.05, 3.63) is 69.8 Å². The van der Waals surface area contributed by atoms with Gasteiger partial charge >= 0.3 is 6.18 Å². The molecule has 0 N–H and O–H groups in total. The van der Waals surface area contributed by atoms with Crippen LogP contribution in [0.2, 0.25) is 0 Å². The summed E-state index contributed by atoms with van der Waals surface area (Å²) in [5.74, 6) is 0.134. The van der Waals surface area contributed by atoms with Crippen LogP contribution in [0.4, 0.5) is 18.9 Å². The van der Waals surface area contributed by atoms with E-state index < -0.39 is 17.7 Å². The zero-order valence-corrected chi connectivity index (χ0v) is 11.8. The molecule has 0 saturated heterocycles. The van der Waals surface area contributed by atoms with Crippen molar-refractivity contribution in [2.75, 3.05) is 6.61 Å². The monoisotopic (exact) mass is 323 g/mol. The predicted molar refractivity (Wildman–Crippen MR) is 80.0 cm³/mol. The Hall–Kier alpha value is -2.83. The average molecular weight is 323 g/mol. The first-order valence-corrected chi connectivity index (χ1v) is 6.56. The van der Waals surface area contributed by atoms with Crippen LogP contribution in [0.5, 0.6) is 5.75 Å². The predicted octanol–water partition coefficient (Wildman–Crippen LogP) is 4.71. The van der Waals surface area contributed by atoms with Crippen LogP contribution in [-0.2, 0) is 0 Å². The first-order valence-electron chi connectivity index (χ1n) is 6.56. The maximum Gasteiger partial charge on any atom is 0.422 e. The van der Waals surface area contributed by atoms with E-state index >= 15 is 0 Å². The Morgan fingerprint density at radius 1 is 0.957 bits per heavy atom. The lowest BCUT2D eigenvalue weighted by molar-refractivity contribution is -0.384. The highest BCUT2D eigenvalue weighted by molar-refractivity contribution is 5.70. The number of hydrogen-bond acceptors (Lipinski definition) is 3. The maximum absolute atomic E-state index is 12.0. The lowest BCUT2D eigenvalue weighted by Gasteiger charge is -2.08. The molecule has 0 atom stereocenters. The smallest absolute Gasteiger partial charge is 0.422 e. The quantitative estimate of drug-likeness (QED) is 0.455. The van der Waals surface area contributed by atoms with Crippen LogP contribution >= 0.6 is 0 Å². The van der Waals surface area contributed by atoms with Gasteiger partial charge in [-0.15, -0.1) is 0 Å². The van der Waals surface area contributed by atoms with E-state index in [0.717, 1.165) is 11.1 Å². The molecule has 0 spiro atoms. The molecule has 0 saturated carbocycles. The van der Waals surface area contributed by atoms with Gasteiger partial charge in [-0.25, -0.2) is 0 Å². The van der Waals surface area contributed by atoms with E-state index in [9.17, 15) is 23.3 Å². The number of benzene rings is 2. The van der Waals surface area contributed by atoms with E-state index in [0.29, 0.717) is 0 Å². The van der Waals surface area contributed by atoms with Gasteiger partial charge in [0.1, 0.15) is 5.75 Å². The van der Waals surface area contributed by atoms with Gasteiger partial charge in [0.05, 0.1) is 4.92 Å². The van der Waals surface area contributed by atoms with Crippen LogP contribution in [0.3, 0.4) is 0 Å². The normalized spacial score (nSPS) is 11.6. The van der Waals surface area contributed by atoms with Gasteiger partial charge in [-0.2, -0.15) is 13.2 Å². The molecular weight excluding hydrogens is 311 g/mol. The fourth-order valence-electron chi connectivity index (χ4n) is 1.74. The Morgan fingerprint density at radius 2 is 1.43 bits per heavy atom. The number of hydrogen-bond donors (Lipinski definition) is 0. The summed E-state index contributed by atoms with van der Waals surface area (Å²) < 4.78 is 40.7. The van der Waals surface area contributed by atoms with Crippen molar-refractivity contribution in [2.45, 2.75) is 6.18 Å². The highest BCUT2D eigenvalue weighted by Crippen LogP contribution is 2.20. The highest BCUT2D eigenvalue weighted by atomic mass is 19.4. The van der Waals surface area contributed by atoms with Gasteiger partial charge in [0.25, 0.3) is 5.69 Å². The molecule has 0 heterocycles. The number of nitro groups is 1. The third-order valence-electron chi connectivity index (χ3n) is 2.85. The van der Waals surface area contributed by atoms with Crippen molar-refractivity contribution in [1.82, 2.24) is 0 Å². The molecule has 0 unspecified atom stereocenters. The number of alkyl halides is 3. The zero-order valence-electron chi connectivity index (χ0n) is 11.8. The Kier molecular flexibility index (Phi) is 5.00. The molecule has 0 aliphatic carbocycles. The van der Waals surface area contributed by atoms with Crippen LogP contribution in [0.1, 0.15) is 11.1 Å². The van der Waals surface area contributed by atoms with Crippen molar-refractivity contribution < 1.29 is 22.8 Å². The van der Waals surface area contributed by atoms with Gasteiger partial charge in [-0.1, -0.05) is 24.3 Å². The fourth-order valence-corrected chi connectivity index (χ4v) is 1.74. The summed E-state index contributed by atoms with van der Waals surface area (Å²) in [7, 11) is 0. The van der Waals surface area contributed by atoms with Crippen molar-refractivity contribution >= 4 is 17.8 Å². The SMILES string of the molecule is O=[N+]([O-])c1ccc(C=Cc2ccc(OCC(F)(F)F)cc2)cc1. The van der Waals surface area contributed by atoms with Crippen LogP contribution in [0.15, 0.2) is 48.5 Å². The maximum atomic E-state index is 12.0. The molecule has 2 rings (SSSR count). The number of rotatable bonds is 5. The Balaban J connectivity index is 1.98.